The van der Waals surface area contributed by atoms with Crippen molar-refractivity contribution >= 4 is 23.2 Å². The molecule has 1 aliphatic heterocycles. The first-order chi connectivity index (χ1) is 12.0. The second kappa shape index (κ2) is 7.31. The molecule has 0 radical (unpaired) electrons. The standard InChI is InChI=1S/C19H20ClFN2O2/c1-13-3-4-15(20)11-18(13)22-5-7-23(8-6-22)19(24)14-9-16(21)12-17(10-14)25-2/h3-4,9-12H,5-8H2,1-2H3. The summed E-state index contributed by atoms with van der Waals surface area (Å²) in [5.74, 6) is -0.312. The van der Waals surface area contributed by atoms with Crippen LogP contribution in [-0.2, 0) is 0 Å². The van der Waals surface area contributed by atoms with Crippen LogP contribution in [0.5, 0.6) is 5.75 Å². The predicted octanol–water partition coefficient (Wildman–Crippen LogP) is 3.76. The number of hydrogen-bond acceptors (Lipinski definition) is 3. The number of ether oxygens (including phenoxy) is 1. The molecule has 0 aliphatic carbocycles. The van der Waals surface area contributed by atoms with Gasteiger partial charge in [-0.2, -0.15) is 0 Å². The van der Waals surface area contributed by atoms with E-state index < -0.39 is 5.82 Å². The summed E-state index contributed by atoms with van der Waals surface area (Å²) in [5.41, 5.74) is 2.55. The second-order valence-electron chi connectivity index (χ2n) is 6.09. The molecule has 1 fully saturated rings. The zero-order chi connectivity index (χ0) is 18.0. The molecule has 1 amide bonds. The number of carbonyl (C=O) groups excluding carboxylic acids is 1. The van der Waals surface area contributed by atoms with E-state index in [4.69, 9.17) is 16.3 Å². The molecule has 0 spiro atoms. The Bertz CT molecular complexity index is 789. The van der Waals surface area contributed by atoms with Crippen LogP contribution in [0.1, 0.15) is 15.9 Å². The lowest BCUT2D eigenvalue weighted by atomic mass is 10.1. The third-order valence-corrected chi connectivity index (χ3v) is 4.67. The summed E-state index contributed by atoms with van der Waals surface area (Å²) >= 11 is 6.10. The van der Waals surface area contributed by atoms with Crippen LogP contribution >= 0.6 is 11.6 Å². The molecule has 3 rings (SSSR count). The maximum atomic E-state index is 13.6. The van der Waals surface area contributed by atoms with E-state index in [0.717, 1.165) is 11.3 Å². The Labute approximate surface area is 151 Å². The first-order valence-corrected chi connectivity index (χ1v) is 8.50. The Balaban J connectivity index is 1.71. The van der Waals surface area contributed by atoms with Gasteiger partial charge in [-0.15, -0.1) is 0 Å². The Morgan fingerprint density at radius 2 is 1.84 bits per heavy atom. The number of benzene rings is 2. The molecule has 1 aliphatic rings. The molecule has 1 heterocycles. The van der Waals surface area contributed by atoms with Gasteiger partial charge in [-0.25, -0.2) is 4.39 Å². The Morgan fingerprint density at radius 3 is 2.52 bits per heavy atom. The number of piperazine rings is 1. The van der Waals surface area contributed by atoms with Gasteiger partial charge in [0.2, 0.25) is 0 Å². The molecular weight excluding hydrogens is 343 g/mol. The molecule has 0 N–H and O–H groups in total. The van der Waals surface area contributed by atoms with Crippen molar-refractivity contribution in [1.29, 1.82) is 0 Å². The SMILES string of the molecule is COc1cc(F)cc(C(=O)N2CCN(c3cc(Cl)ccc3C)CC2)c1. The lowest BCUT2D eigenvalue weighted by Crippen LogP contribution is -2.49. The normalized spacial score (nSPS) is 14.6. The molecule has 6 heteroatoms. The Morgan fingerprint density at radius 1 is 1.12 bits per heavy atom. The number of rotatable bonds is 3. The molecule has 132 valence electrons. The van der Waals surface area contributed by atoms with Crippen molar-refractivity contribution in [2.24, 2.45) is 0 Å². The van der Waals surface area contributed by atoms with Crippen molar-refractivity contribution in [3.63, 3.8) is 0 Å². The van der Waals surface area contributed by atoms with Crippen LogP contribution in [0.3, 0.4) is 0 Å². The quantitative estimate of drug-likeness (QED) is 0.833. The van der Waals surface area contributed by atoms with Gasteiger partial charge >= 0.3 is 0 Å². The van der Waals surface area contributed by atoms with Gasteiger partial charge in [0.05, 0.1) is 7.11 Å². The van der Waals surface area contributed by atoms with Gasteiger partial charge in [-0.3, -0.25) is 4.79 Å². The minimum atomic E-state index is -0.476. The zero-order valence-electron chi connectivity index (χ0n) is 14.3. The molecular formula is C19H20ClFN2O2. The van der Waals surface area contributed by atoms with Gasteiger partial charge in [0, 0.05) is 48.5 Å². The average molecular weight is 363 g/mol. The Hall–Kier alpha value is -2.27. The second-order valence-corrected chi connectivity index (χ2v) is 6.53. The highest BCUT2D eigenvalue weighted by Crippen LogP contribution is 2.26. The van der Waals surface area contributed by atoms with E-state index in [0.29, 0.717) is 42.5 Å². The summed E-state index contributed by atoms with van der Waals surface area (Å²) in [5, 5.41) is 0.700. The molecule has 1 saturated heterocycles. The van der Waals surface area contributed by atoms with E-state index in [9.17, 15) is 9.18 Å². The number of anilines is 1. The van der Waals surface area contributed by atoms with Crippen molar-refractivity contribution in [3.05, 3.63) is 58.4 Å². The van der Waals surface area contributed by atoms with E-state index in [1.54, 1.807) is 11.0 Å². The van der Waals surface area contributed by atoms with Gasteiger partial charge in [-0.05, 0) is 36.8 Å². The highest BCUT2D eigenvalue weighted by atomic mass is 35.5. The molecule has 2 aromatic carbocycles. The smallest absolute Gasteiger partial charge is 0.254 e. The number of nitrogens with zero attached hydrogens (tertiary/aromatic N) is 2. The Kier molecular flexibility index (Phi) is 5.13. The topological polar surface area (TPSA) is 32.8 Å². The monoisotopic (exact) mass is 362 g/mol. The number of aryl methyl sites for hydroxylation is 1. The van der Waals surface area contributed by atoms with E-state index in [1.807, 2.05) is 25.1 Å². The number of methoxy groups -OCH3 is 1. The predicted molar refractivity (Wildman–Crippen MR) is 97.3 cm³/mol. The van der Waals surface area contributed by atoms with E-state index in [2.05, 4.69) is 4.90 Å². The molecule has 0 saturated carbocycles. The molecule has 0 bridgehead atoms. The molecule has 4 nitrogen and oxygen atoms in total. The van der Waals surface area contributed by atoms with Crippen LogP contribution in [0.15, 0.2) is 36.4 Å². The van der Waals surface area contributed by atoms with Crippen LogP contribution in [-0.4, -0.2) is 44.1 Å². The molecule has 25 heavy (non-hydrogen) atoms. The van der Waals surface area contributed by atoms with Crippen LogP contribution < -0.4 is 9.64 Å². The van der Waals surface area contributed by atoms with Gasteiger partial charge in [-0.1, -0.05) is 17.7 Å². The fraction of sp³-hybridized carbons (Fsp3) is 0.316. The molecule has 0 unspecified atom stereocenters. The largest absolute Gasteiger partial charge is 0.497 e. The van der Waals surface area contributed by atoms with Crippen molar-refractivity contribution in [3.8, 4) is 5.75 Å². The van der Waals surface area contributed by atoms with Gasteiger partial charge < -0.3 is 14.5 Å². The molecule has 0 atom stereocenters. The lowest BCUT2D eigenvalue weighted by molar-refractivity contribution is 0.0746. The summed E-state index contributed by atoms with van der Waals surface area (Å²) in [4.78, 5) is 16.6. The fourth-order valence-electron chi connectivity index (χ4n) is 3.06. The maximum absolute atomic E-state index is 13.6. The van der Waals surface area contributed by atoms with Crippen molar-refractivity contribution in [2.45, 2.75) is 6.92 Å². The lowest BCUT2D eigenvalue weighted by Gasteiger charge is -2.37. The number of halogens is 2. The van der Waals surface area contributed by atoms with Gasteiger partial charge in [0.1, 0.15) is 11.6 Å². The highest BCUT2D eigenvalue weighted by Gasteiger charge is 2.24. The van der Waals surface area contributed by atoms with Crippen molar-refractivity contribution < 1.29 is 13.9 Å². The van der Waals surface area contributed by atoms with Crippen molar-refractivity contribution in [1.82, 2.24) is 4.90 Å². The first kappa shape index (κ1) is 17.5. The van der Waals surface area contributed by atoms with E-state index in [-0.39, 0.29) is 5.91 Å². The fourth-order valence-corrected chi connectivity index (χ4v) is 3.23. The number of carbonyl (C=O) groups is 1. The minimum Gasteiger partial charge on any atom is -0.497 e. The maximum Gasteiger partial charge on any atom is 0.254 e. The summed E-state index contributed by atoms with van der Waals surface area (Å²) < 4.78 is 18.7. The molecule has 2 aromatic rings. The average Bonchev–Trinajstić information content (AvgIpc) is 2.62. The summed E-state index contributed by atoms with van der Waals surface area (Å²) in [6, 6.07) is 9.89. The minimum absolute atomic E-state index is 0.180. The van der Waals surface area contributed by atoms with Crippen LogP contribution in [0, 0.1) is 12.7 Å². The van der Waals surface area contributed by atoms with Crippen LogP contribution in [0.25, 0.3) is 0 Å². The summed E-state index contributed by atoms with van der Waals surface area (Å²) in [7, 11) is 1.45. The number of amides is 1. The zero-order valence-corrected chi connectivity index (χ0v) is 15.0. The van der Waals surface area contributed by atoms with Gasteiger partial charge in [0.15, 0.2) is 0 Å². The summed E-state index contributed by atoms with van der Waals surface area (Å²) in [6.45, 7) is 4.61. The van der Waals surface area contributed by atoms with Crippen LogP contribution in [0.2, 0.25) is 5.02 Å². The van der Waals surface area contributed by atoms with Crippen molar-refractivity contribution in [2.75, 3.05) is 38.2 Å². The number of hydrogen-bond donors (Lipinski definition) is 0. The highest BCUT2D eigenvalue weighted by molar-refractivity contribution is 6.30. The summed E-state index contributed by atoms with van der Waals surface area (Å²) in [6.07, 6.45) is 0. The van der Waals surface area contributed by atoms with Crippen LogP contribution in [0.4, 0.5) is 10.1 Å². The van der Waals surface area contributed by atoms with Gasteiger partial charge in [0.25, 0.3) is 5.91 Å². The third kappa shape index (κ3) is 3.87. The van der Waals surface area contributed by atoms with E-state index >= 15 is 0 Å². The third-order valence-electron chi connectivity index (χ3n) is 4.43. The molecule has 0 aromatic heterocycles. The van der Waals surface area contributed by atoms with E-state index in [1.165, 1.54) is 19.2 Å². The first-order valence-electron chi connectivity index (χ1n) is 8.13.